The molecule has 1 aliphatic rings. The molecule has 0 bridgehead atoms. The molecule has 10 aromatic rings. The molecular formula is C57H39N5O. The van der Waals surface area contributed by atoms with Crippen molar-refractivity contribution in [1.82, 2.24) is 15.0 Å². The van der Waals surface area contributed by atoms with E-state index in [1.165, 1.54) is 11.1 Å². The summed E-state index contributed by atoms with van der Waals surface area (Å²) in [4.78, 5) is 19.5. The average molecular weight is 810 g/mol. The molecule has 0 unspecified atom stereocenters. The lowest BCUT2D eigenvalue weighted by atomic mass is 10.0. The van der Waals surface area contributed by atoms with Gasteiger partial charge in [-0.25, -0.2) is 15.0 Å². The highest BCUT2D eigenvalue weighted by atomic mass is 16.5. The Morgan fingerprint density at radius 2 is 0.651 bits per heavy atom. The predicted molar refractivity (Wildman–Crippen MR) is 256 cm³/mol. The number of rotatable bonds is 9. The largest absolute Gasteiger partial charge is 0.453 e. The molecule has 0 fully saturated rings. The number of aromatic nitrogens is 3. The third-order valence-electron chi connectivity index (χ3n) is 11.3. The Morgan fingerprint density at radius 1 is 0.302 bits per heavy atom. The molecule has 0 spiro atoms. The van der Waals surface area contributed by atoms with E-state index in [2.05, 4.69) is 161 Å². The van der Waals surface area contributed by atoms with Crippen molar-refractivity contribution in [3.8, 4) is 67.9 Å². The normalized spacial score (nSPS) is 11.6. The van der Waals surface area contributed by atoms with Crippen molar-refractivity contribution in [3.05, 3.63) is 237 Å². The third kappa shape index (κ3) is 7.47. The number of para-hydroxylation sites is 1. The van der Waals surface area contributed by atoms with Gasteiger partial charge in [0, 0.05) is 45.5 Å². The fourth-order valence-electron chi connectivity index (χ4n) is 8.18. The molecule has 11 rings (SSSR count). The SMILES string of the molecule is c1ccc(-c2ccc(N(c3ccc(-c4ccccc4)cc3)c3ccc4c(c3)Oc3cc(-c5nc(-c6ccccc6)nc(-c6ccccc6)n5)ccc3N4c3ccccc3)cc2)cc1. The van der Waals surface area contributed by atoms with Gasteiger partial charge in [0.15, 0.2) is 29.0 Å². The van der Waals surface area contributed by atoms with Crippen LogP contribution in [-0.2, 0) is 0 Å². The molecule has 2 heterocycles. The van der Waals surface area contributed by atoms with Crippen LogP contribution in [-0.4, -0.2) is 15.0 Å². The maximum Gasteiger partial charge on any atom is 0.164 e. The summed E-state index contributed by atoms with van der Waals surface area (Å²) >= 11 is 0. The molecule has 6 heteroatoms. The number of anilines is 6. The summed E-state index contributed by atoms with van der Waals surface area (Å²) in [6, 6.07) is 81.6. The number of fused-ring (bicyclic) bond motifs is 2. The van der Waals surface area contributed by atoms with Gasteiger partial charge in [0.05, 0.1) is 11.4 Å². The van der Waals surface area contributed by atoms with Crippen LogP contribution in [0, 0.1) is 0 Å². The molecule has 6 nitrogen and oxygen atoms in total. The fraction of sp³-hybridized carbons (Fsp3) is 0. The van der Waals surface area contributed by atoms with E-state index >= 15 is 0 Å². The van der Waals surface area contributed by atoms with Crippen molar-refractivity contribution >= 4 is 34.1 Å². The lowest BCUT2D eigenvalue weighted by Gasteiger charge is -2.34. The Hall–Kier alpha value is -8.61. The van der Waals surface area contributed by atoms with Crippen molar-refractivity contribution < 1.29 is 4.74 Å². The van der Waals surface area contributed by atoms with Gasteiger partial charge in [-0.2, -0.15) is 0 Å². The van der Waals surface area contributed by atoms with Crippen molar-refractivity contribution in [2.24, 2.45) is 0 Å². The predicted octanol–water partition coefficient (Wildman–Crippen LogP) is 15.3. The van der Waals surface area contributed by atoms with Gasteiger partial charge in [-0.15, -0.1) is 0 Å². The van der Waals surface area contributed by atoms with Crippen LogP contribution in [0.1, 0.15) is 0 Å². The second-order valence-corrected chi connectivity index (χ2v) is 15.3. The Bertz CT molecular complexity index is 3020. The van der Waals surface area contributed by atoms with E-state index in [1.807, 2.05) is 84.9 Å². The third-order valence-corrected chi connectivity index (χ3v) is 11.3. The zero-order chi connectivity index (χ0) is 42.0. The van der Waals surface area contributed by atoms with E-state index < -0.39 is 0 Å². The van der Waals surface area contributed by atoms with Crippen LogP contribution < -0.4 is 14.5 Å². The zero-order valence-electron chi connectivity index (χ0n) is 34.2. The van der Waals surface area contributed by atoms with E-state index in [0.29, 0.717) is 23.2 Å². The summed E-state index contributed by atoms with van der Waals surface area (Å²) in [5.74, 6) is 3.18. The minimum Gasteiger partial charge on any atom is -0.453 e. The van der Waals surface area contributed by atoms with Gasteiger partial charge in [-0.3, -0.25) is 0 Å². The van der Waals surface area contributed by atoms with Crippen LogP contribution in [0.25, 0.3) is 56.4 Å². The Kier molecular flexibility index (Phi) is 9.76. The van der Waals surface area contributed by atoms with Gasteiger partial charge >= 0.3 is 0 Å². The summed E-state index contributed by atoms with van der Waals surface area (Å²) in [5.41, 5.74) is 13.2. The fourth-order valence-corrected chi connectivity index (χ4v) is 8.18. The molecule has 298 valence electrons. The summed E-state index contributed by atoms with van der Waals surface area (Å²) in [5, 5.41) is 0. The highest BCUT2D eigenvalue weighted by Crippen LogP contribution is 2.53. The Morgan fingerprint density at radius 3 is 1.13 bits per heavy atom. The first-order chi connectivity index (χ1) is 31.2. The maximum absolute atomic E-state index is 7.00. The lowest BCUT2D eigenvalue weighted by Crippen LogP contribution is -2.17. The number of hydrogen-bond donors (Lipinski definition) is 0. The van der Waals surface area contributed by atoms with E-state index in [4.69, 9.17) is 19.7 Å². The average Bonchev–Trinajstić information content (AvgIpc) is 3.37. The molecule has 0 N–H and O–H groups in total. The van der Waals surface area contributed by atoms with Gasteiger partial charge in [0.25, 0.3) is 0 Å². The molecule has 0 amide bonds. The molecule has 1 aliphatic heterocycles. The number of hydrogen-bond acceptors (Lipinski definition) is 6. The van der Waals surface area contributed by atoms with Crippen LogP contribution >= 0.6 is 0 Å². The van der Waals surface area contributed by atoms with Crippen LogP contribution in [0.4, 0.5) is 34.1 Å². The molecule has 9 aromatic carbocycles. The summed E-state index contributed by atoms with van der Waals surface area (Å²) in [6.45, 7) is 0. The van der Waals surface area contributed by atoms with Crippen LogP contribution in [0.2, 0.25) is 0 Å². The number of benzene rings is 9. The van der Waals surface area contributed by atoms with Crippen molar-refractivity contribution in [3.63, 3.8) is 0 Å². The maximum atomic E-state index is 7.00. The van der Waals surface area contributed by atoms with Gasteiger partial charge in [-0.05, 0) is 89.0 Å². The zero-order valence-corrected chi connectivity index (χ0v) is 34.2. The van der Waals surface area contributed by atoms with Crippen molar-refractivity contribution in [2.75, 3.05) is 9.80 Å². The van der Waals surface area contributed by atoms with Gasteiger partial charge in [0.2, 0.25) is 0 Å². The van der Waals surface area contributed by atoms with Crippen LogP contribution in [0.15, 0.2) is 237 Å². The molecule has 0 radical (unpaired) electrons. The first kappa shape index (κ1) is 37.4. The van der Waals surface area contributed by atoms with Crippen molar-refractivity contribution in [1.29, 1.82) is 0 Å². The Labute approximate surface area is 366 Å². The second-order valence-electron chi connectivity index (χ2n) is 15.3. The number of ether oxygens (including phenoxy) is 1. The first-order valence-corrected chi connectivity index (χ1v) is 21.0. The van der Waals surface area contributed by atoms with Crippen LogP contribution in [0.5, 0.6) is 11.5 Å². The highest BCUT2D eigenvalue weighted by Gasteiger charge is 2.28. The molecule has 0 saturated heterocycles. The standard InChI is InChI=1S/C57H39N5O/c1-6-16-40(17-7-1)42-26-31-48(32-27-42)61(49-33-28-43(29-34-49)41-18-8-2-9-19-41)50-35-37-52-54(39-50)63-53-38-46(30-36-51(53)62(52)47-24-14-5-15-25-47)57-59-55(44-20-10-3-11-21-44)58-56(60-57)45-22-12-4-13-23-45/h1-39H. The minimum absolute atomic E-state index is 0.559. The monoisotopic (exact) mass is 809 g/mol. The molecule has 0 aliphatic carbocycles. The minimum atomic E-state index is 0.559. The number of nitrogens with zero attached hydrogens (tertiary/aromatic N) is 5. The molecule has 0 saturated carbocycles. The van der Waals surface area contributed by atoms with Crippen LogP contribution in [0.3, 0.4) is 0 Å². The molecule has 63 heavy (non-hydrogen) atoms. The molecule has 1 aromatic heterocycles. The van der Waals surface area contributed by atoms with Gasteiger partial charge in [-0.1, -0.05) is 164 Å². The topological polar surface area (TPSA) is 54.4 Å². The molecular weight excluding hydrogens is 771 g/mol. The lowest BCUT2D eigenvalue weighted by molar-refractivity contribution is 0.477. The summed E-state index contributed by atoms with van der Waals surface area (Å²) < 4.78 is 7.00. The van der Waals surface area contributed by atoms with E-state index in [-0.39, 0.29) is 0 Å². The van der Waals surface area contributed by atoms with E-state index in [9.17, 15) is 0 Å². The highest BCUT2D eigenvalue weighted by molar-refractivity contribution is 5.90. The van der Waals surface area contributed by atoms with Gasteiger partial charge in [0.1, 0.15) is 0 Å². The second kappa shape index (κ2) is 16.4. The molecule has 0 atom stereocenters. The smallest absolute Gasteiger partial charge is 0.164 e. The first-order valence-electron chi connectivity index (χ1n) is 21.0. The quantitative estimate of drug-likeness (QED) is 0.145. The summed E-state index contributed by atoms with van der Waals surface area (Å²) in [7, 11) is 0. The van der Waals surface area contributed by atoms with Crippen molar-refractivity contribution in [2.45, 2.75) is 0 Å². The Balaban J connectivity index is 1.03. The summed E-state index contributed by atoms with van der Waals surface area (Å²) in [6.07, 6.45) is 0. The van der Waals surface area contributed by atoms with Gasteiger partial charge < -0.3 is 14.5 Å². The van der Waals surface area contributed by atoms with E-state index in [0.717, 1.165) is 67.7 Å². The van der Waals surface area contributed by atoms with E-state index in [1.54, 1.807) is 0 Å².